The van der Waals surface area contributed by atoms with Crippen LogP contribution in [0.4, 0.5) is 0 Å². The fourth-order valence-corrected chi connectivity index (χ4v) is 1.92. The Labute approximate surface area is 190 Å². The number of benzene rings is 2. The molecule has 5 heteroatoms. The van der Waals surface area contributed by atoms with E-state index in [1.54, 1.807) is 0 Å². The third-order valence-electron chi connectivity index (χ3n) is 3.30. The number of aliphatic hydroxyl groups excluding tert-OH is 3. The van der Waals surface area contributed by atoms with E-state index in [0.29, 0.717) is 18.8 Å². The minimum Gasteiger partial charge on any atom is -0.493 e. The van der Waals surface area contributed by atoms with E-state index in [-0.39, 0.29) is 19.8 Å². The maximum Gasteiger partial charge on any atom is 0.122 e. The van der Waals surface area contributed by atoms with Crippen molar-refractivity contribution in [3.05, 3.63) is 59.7 Å². The molecular weight excluding hydrogens is 392 g/mol. The molecule has 0 saturated carbocycles. The van der Waals surface area contributed by atoms with Crippen LogP contribution in [0.25, 0.3) is 0 Å². The number of para-hydroxylation sites is 1. The van der Waals surface area contributed by atoms with Gasteiger partial charge in [0, 0.05) is 13.0 Å². The van der Waals surface area contributed by atoms with Gasteiger partial charge in [0.25, 0.3) is 0 Å². The van der Waals surface area contributed by atoms with E-state index in [1.165, 1.54) is 0 Å². The summed E-state index contributed by atoms with van der Waals surface area (Å²) in [6.45, 7) is 16.6. The zero-order valence-corrected chi connectivity index (χ0v) is 20.9. The quantitative estimate of drug-likeness (QED) is 0.470. The summed E-state index contributed by atoms with van der Waals surface area (Å²) in [5.41, 5.74) is 2.24. The van der Waals surface area contributed by atoms with Gasteiger partial charge in [-0.2, -0.15) is 0 Å². The molecule has 0 bridgehead atoms. The molecule has 2 rings (SSSR count). The van der Waals surface area contributed by atoms with Gasteiger partial charge in [-0.3, -0.25) is 0 Å². The molecule has 0 spiro atoms. The second-order valence-electron chi connectivity index (χ2n) is 5.66. The Morgan fingerprint density at radius 1 is 0.806 bits per heavy atom. The molecule has 0 fully saturated rings. The summed E-state index contributed by atoms with van der Waals surface area (Å²) in [6.07, 6.45) is -0.116. The number of aryl methyl sites for hydroxylation is 2. The lowest BCUT2D eigenvalue weighted by Crippen LogP contribution is -2.21. The van der Waals surface area contributed by atoms with Crippen LogP contribution in [-0.2, 0) is 0 Å². The second kappa shape index (κ2) is 26.0. The van der Waals surface area contributed by atoms with Gasteiger partial charge in [0.1, 0.15) is 24.2 Å². The van der Waals surface area contributed by atoms with E-state index in [1.807, 2.05) is 104 Å². The first-order chi connectivity index (χ1) is 15.1. The highest BCUT2D eigenvalue weighted by molar-refractivity contribution is 5.31. The van der Waals surface area contributed by atoms with Gasteiger partial charge < -0.3 is 24.8 Å². The summed E-state index contributed by atoms with van der Waals surface area (Å²) in [5.74, 6) is 1.62. The van der Waals surface area contributed by atoms with Crippen molar-refractivity contribution in [3.8, 4) is 11.5 Å². The third-order valence-corrected chi connectivity index (χ3v) is 3.30. The van der Waals surface area contributed by atoms with Crippen LogP contribution < -0.4 is 9.47 Å². The fraction of sp³-hybridized carbons (Fsp3) is 0.538. The summed E-state index contributed by atoms with van der Waals surface area (Å²) in [7, 11) is 0. The maximum atomic E-state index is 9.01. The molecule has 1 atom stereocenters. The Balaban J connectivity index is -0.000000408. The predicted molar refractivity (Wildman–Crippen MR) is 132 cm³/mol. The van der Waals surface area contributed by atoms with Gasteiger partial charge in [0.2, 0.25) is 0 Å². The molecule has 3 N–H and O–H groups in total. The fourth-order valence-electron chi connectivity index (χ4n) is 1.92. The van der Waals surface area contributed by atoms with Gasteiger partial charge in [-0.1, -0.05) is 71.9 Å². The summed E-state index contributed by atoms with van der Waals surface area (Å²) < 4.78 is 10.6. The summed E-state index contributed by atoms with van der Waals surface area (Å²) in [6, 6.07) is 15.4. The Morgan fingerprint density at radius 2 is 1.42 bits per heavy atom. The highest BCUT2D eigenvalue weighted by Crippen LogP contribution is 2.16. The van der Waals surface area contributed by atoms with Gasteiger partial charge in [-0.15, -0.1) is 0 Å². The van der Waals surface area contributed by atoms with Crippen LogP contribution in [0, 0.1) is 13.8 Å². The van der Waals surface area contributed by atoms with Crippen molar-refractivity contribution in [2.45, 2.75) is 67.9 Å². The number of hydrogen-bond donors (Lipinski definition) is 3. The van der Waals surface area contributed by atoms with Crippen molar-refractivity contribution < 1.29 is 24.8 Å². The van der Waals surface area contributed by atoms with Gasteiger partial charge in [-0.05, 0) is 43.2 Å². The molecule has 0 aliphatic rings. The largest absolute Gasteiger partial charge is 0.493 e. The highest BCUT2D eigenvalue weighted by atomic mass is 16.5. The molecule has 0 heterocycles. The number of ether oxygens (including phenoxy) is 2. The van der Waals surface area contributed by atoms with Crippen LogP contribution in [0.2, 0.25) is 0 Å². The molecule has 2 aromatic rings. The van der Waals surface area contributed by atoms with Crippen molar-refractivity contribution in [1.29, 1.82) is 0 Å². The van der Waals surface area contributed by atoms with E-state index in [2.05, 4.69) is 0 Å². The van der Waals surface area contributed by atoms with Crippen LogP contribution in [0.1, 0.15) is 59.1 Å². The van der Waals surface area contributed by atoms with Crippen molar-refractivity contribution in [3.63, 3.8) is 0 Å². The lowest BCUT2D eigenvalue weighted by atomic mass is 10.2. The molecule has 0 saturated heterocycles. The molecule has 0 radical (unpaired) electrons. The lowest BCUT2D eigenvalue weighted by Gasteiger charge is -2.09. The van der Waals surface area contributed by atoms with Gasteiger partial charge >= 0.3 is 0 Å². The first-order valence-corrected chi connectivity index (χ1v) is 11.3. The molecule has 0 aromatic heterocycles. The zero-order valence-electron chi connectivity index (χ0n) is 20.9. The molecule has 1 unspecified atom stereocenters. The molecule has 180 valence electrons. The minimum atomic E-state index is -0.805. The Morgan fingerprint density at radius 3 is 1.94 bits per heavy atom. The lowest BCUT2D eigenvalue weighted by molar-refractivity contribution is 0.0536. The van der Waals surface area contributed by atoms with E-state index in [9.17, 15) is 0 Å². The van der Waals surface area contributed by atoms with Crippen LogP contribution in [0.5, 0.6) is 11.5 Å². The molecule has 0 amide bonds. The average Bonchev–Trinajstić information content (AvgIpc) is 2.83. The van der Waals surface area contributed by atoms with Crippen LogP contribution in [-0.4, -0.2) is 47.9 Å². The third kappa shape index (κ3) is 19.6. The maximum absolute atomic E-state index is 9.01. The van der Waals surface area contributed by atoms with E-state index >= 15 is 0 Å². The van der Waals surface area contributed by atoms with Crippen molar-refractivity contribution in [2.24, 2.45) is 0 Å². The first-order valence-electron chi connectivity index (χ1n) is 11.3. The monoisotopic (exact) mass is 438 g/mol. The van der Waals surface area contributed by atoms with Crippen molar-refractivity contribution in [1.82, 2.24) is 0 Å². The molecule has 5 nitrogen and oxygen atoms in total. The number of hydrogen-bond acceptors (Lipinski definition) is 5. The first kappa shape index (κ1) is 33.6. The molecular formula is C26H46O5. The van der Waals surface area contributed by atoms with Crippen LogP contribution >= 0.6 is 0 Å². The molecule has 31 heavy (non-hydrogen) atoms. The number of aliphatic hydroxyl groups is 3. The summed E-state index contributed by atoms with van der Waals surface area (Å²) in [4.78, 5) is 0. The summed E-state index contributed by atoms with van der Waals surface area (Å²) in [5, 5.41) is 26.1. The minimum absolute atomic E-state index is 0.125. The van der Waals surface area contributed by atoms with Crippen LogP contribution in [0.15, 0.2) is 48.5 Å². The zero-order chi connectivity index (χ0) is 24.5. The standard InChI is InChI=1S/C10H14O3.C10H14O2.3C2H6/c1-8-3-2-4-10(5-8)13-7-9(12)6-11;1-9-5-2-3-6-10(9)12-8-4-7-11;3*1-2/h2-5,9,11-12H,6-7H2,1H3;2-3,5-6,11H,4,7-8H2,1H3;3*1-2H3. The highest BCUT2D eigenvalue weighted by Gasteiger charge is 2.02. The molecule has 0 aliphatic heterocycles. The smallest absolute Gasteiger partial charge is 0.122 e. The van der Waals surface area contributed by atoms with Gasteiger partial charge in [0.05, 0.1) is 13.2 Å². The average molecular weight is 439 g/mol. The van der Waals surface area contributed by atoms with E-state index < -0.39 is 6.10 Å². The normalized spacial score (nSPS) is 9.65. The predicted octanol–water partition coefficient (Wildman–Crippen LogP) is 5.56. The summed E-state index contributed by atoms with van der Waals surface area (Å²) >= 11 is 0. The molecule has 0 aliphatic carbocycles. The van der Waals surface area contributed by atoms with Gasteiger partial charge in [0.15, 0.2) is 0 Å². The Bertz CT molecular complexity index is 602. The van der Waals surface area contributed by atoms with E-state index in [0.717, 1.165) is 16.9 Å². The Kier molecular flexibility index (Phi) is 28.1. The van der Waals surface area contributed by atoms with Crippen molar-refractivity contribution >= 4 is 0 Å². The van der Waals surface area contributed by atoms with Crippen molar-refractivity contribution in [2.75, 3.05) is 26.4 Å². The SMILES string of the molecule is CC.CC.CC.Cc1cccc(OCC(O)CO)c1.Cc1ccccc1OCCCO. The van der Waals surface area contributed by atoms with Crippen LogP contribution in [0.3, 0.4) is 0 Å². The van der Waals surface area contributed by atoms with E-state index in [4.69, 9.17) is 24.8 Å². The second-order valence-corrected chi connectivity index (χ2v) is 5.66. The Hall–Kier alpha value is -2.08. The topological polar surface area (TPSA) is 79.2 Å². The van der Waals surface area contributed by atoms with Gasteiger partial charge in [-0.25, -0.2) is 0 Å². The number of rotatable bonds is 8. The molecule has 2 aromatic carbocycles.